The van der Waals surface area contributed by atoms with Gasteiger partial charge >= 0.3 is 0 Å². The second-order valence-corrected chi connectivity index (χ2v) is 8.46. The van der Waals surface area contributed by atoms with Gasteiger partial charge in [-0.15, -0.1) is 11.3 Å². The number of hydrogen-bond donors (Lipinski definition) is 1. The highest BCUT2D eigenvalue weighted by Crippen LogP contribution is 2.33. The predicted octanol–water partition coefficient (Wildman–Crippen LogP) is 3.02. The summed E-state index contributed by atoms with van der Waals surface area (Å²) in [5.41, 5.74) is 0. The molecule has 0 saturated heterocycles. The minimum absolute atomic E-state index is 0.000785. The van der Waals surface area contributed by atoms with Gasteiger partial charge in [-0.05, 0) is 6.92 Å². The summed E-state index contributed by atoms with van der Waals surface area (Å²) in [6, 6.07) is -1.68. The third-order valence-electron chi connectivity index (χ3n) is 2.93. The third kappa shape index (κ3) is 5.58. The molecule has 130 valence electrons. The quantitative estimate of drug-likeness (QED) is 0.249. The normalized spacial score (nSPS) is 15.3. The molecule has 0 saturated carbocycles. The SMILES string of the molecule is CCN(Cc1cnc(Cl)s1)C(=NC)C(C(O)C(Cl)(Cl)Cl)[N+](=O)[O-]. The van der Waals surface area contributed by atoms with Crippen LogP contribution in [0.4, 0.5) is 0 Å². The van der Waals surface area contributed by atoms with Crippen LogP contribution in [0.5, 0.6) is 0 Å². The van der Waals surface area contributed by atoms with Crippen LogP contribution in [0.1, 0.15) is 11.8 Å². The molecular formula is C11H14Cl4N4O3S. The first kappa shape index (κ1) is 20.7. The van der Waals surface area contributed by atoms with Gasteiger partial charge in [0.15, 0.2) is 16.4 Å². The van der Waals surface area contributed by atoms with E-state index in [1.165, 1.54) is 18.4 Å². The lowest BCUT2D eigenvalue weighted by molar-refractivity contribution is -0.515. The fourth-order valence-electron chi connectivity index (χ4n) is 1.89. The fraction of sp³-hybridized carbons (Fsp3) is 0.636. The average molecular weight is 424 g/mol. The summed E-state index contributed by atoms with van der Waals surface area (Å²) in [6.45, 7) is 2.45. The van der Waals surface area contributed by atoms with Crippen molar-refractivity contribution in [3.8, 4) is 0 Å². The van der Waals surface area contributed by atoms with E-state index in [-0.39, 0.29) is 12.4 Å². The van der Waals surface area contributed by atoms with Crippen molar-refractivity contribution < 1.29 is 10.0 Å². The molecule has 0 amide bonds. The molecule has 0 aromatic carbocycles. The molecule has 0 radical (unpaired) electrons. The highest BCUT2D eigenvalue weighted by atomic mass is 35.6. The summed E-state index contributed by atoms with van der Waals surface area (Å²) in [5, 5.41) is 21.5. The molecule has 2 atom stereocenters. The Morgan fingerprint density at radius 2 is 2.22 bits per heavy atom. The number of halogens is 4. The first-order valence-corrected chi connectivity index (χ1v) is 8.64. The van der Waals surface area contributed by atoms with Crippen LogP contribution in [0.25, 0.3) is 0 Å². The van der Waals surface area contributed by atoms with Gasteiger partial charge in [-0.3, -0.25) is 15.1 Å². The number of thiazole rings is 1. The fourth-order valence-corrected chi connectivity index (χ4v) is 3.24. The molecule has 1 aromatic heterocycles. The minimum atomic E-state index is -2.22. The number of aliphatic hydroxyl groups is 1. The topological polar surface area (TPSA) is 91.9 Å². The lowest BCUT2D eigenvalue weighted by Gasteiger charge is -2.29. The van der Waals surface area contributed by atoms with Crippen LogP contribution in [0.15, 0.2) is 11.2 Å². The van der Waals surface area contributed by atoms with Crippen LogP contribution in [0, 0.1) is 10.1 Å². The Bertz CT molecular complexity index is 578. The summed E-state index contributed by atoms with van der Waals surface area (Å²) < 4.78 is -1.86. The molecule has 0 aliphatic carbocycles. The molecule has 1 N–H and O–H groups in total. The highest BCUT2D eigenvalue weighted by molar-refractivity contribution is 7.15. The summed E-state index contributed by atoms with van der Waals surface area (Å²) in [6.07, 6.45) is -0.296. The standard InChI is InChI=1S/C11H14Cl4N4O3S/c1-3-18(5-6-4-17-10(12)23-6)9(16-2)7(19(21)22)8(20)11(13,14)15/h4,7-8,20H,3,5H2,1-2H3. The Kier molecular flexibility index (Phi) is 7.76. The van der Waals surface area contributed by atoms with Gasteiger partial charge in [0.05, 0.1) is 6.54 Å². The molecule has 23 heavy (non-hydrogen) atoms. The van der Waals surface area contributed by atoms with E-state index >= 15 is 0 Å². The number of likely N-dealkylation sites (N-methyl/N-ethyl adjacent to an activating group) is 1. The molecular weight excluding hydrogens is 410 g/mol. The van der Waals surface area contributed by atoms with Gasteiger partial charge in [0.25, 0.3) is 6.04 Å². The van der Waals surface area contributed by atoms with E-state index in [1.807, 2.05) is 0 Å². The largest absolute Gasteiger partial charge is 0.381 e. The number of aliphatic hydroxyl groups excluding tert-OH is 1. The van der Waals surface area contributed by atoms with Gasteiger partial charge in [0.2, 0.25) is 3.79 Å². The number of nitro groups is 1. The summed E-state index contributed by atoms with van der Waals surface area (Å²) in [4.78, 5) is 20.9. The summed E-state index contributed by atoms with van der Waals surface area (Å²) in [7, 11) is 1.37. The molecule has 1 rings (SSSR count). The maximum atomic E-state index is 11.4. The molecule has 0 aliphatic rings. The van der Waals surface area contributed by atoms with Crippen molar-refractivity contribution in [2.45, 2.75) is 29.4 Å². The zero-order chi connectivity index (χ0) is 17.8. The first-order valence-electron chi connectivity index (χ1n) is 6.31. The van der Waals surface area contributed by atoms with E-state index in [1.54, 1.807) is 18.0 Å². The van der Waals surface area contributed by atoms with E-state index < -0.39 is 20.9 Å². The van der Waals surface area contributed by atoms with E-state index in [9.17, 15) is 15.2 Å². The molecule has 0 bridgehead atoms. The monoisotopic (exact) mass is 422 g/mol. The van der Waals surface area contributed by atoms with E-state index in [4.69, 9.17) is 46.4 Å². The molecule has 0 fully saturated rings. The lowest BCUT2D eigenvalue weighted by atomic mass is 10.1. The van der Waals surface area contributed by atoms with Gasteiger partial charge in [0.1, 0.15) is 0 Å². The second-order valence-electron chi connectivity index (χ2n) is 4.39. The molecule has 7 nitrogen and oxygen atoms in total. The second kappa shape index (κ2) is 8.64. The van der Waals surface area contributed by atoms with Crippen LogP contribution in [-0.4, -0.2) is 55.3 Å². The molecule has 0 aliphatic heterocycles. The summed E-state index contributed by atoms with van der Waals surface area (Å²) in [5.74, 6) is 0.000785. The zero-order valence-electron chi connectivity index (χ0n) is 12.1. The van der Waals surface area contributed by atoms with Crippen molar-refractivity contribution >= 4 is 63.6 Å². The lowest BCUT2D eigenvalue weighted by Crippen LogP contribution is -2.53. The van der Waals surface area contributed by atoms with Crippen molar-refractivity contribution in [2.24, 2.45) is 4.99 Å². The summed E-state index contributed by atoms with van der Waals surface area (Å²) >= 11 is 23.9. The van der Waals surface area contributed by atoms with Crippen LogP contribution in [0.2, 0.25) is 4.47 Å². The van der Waals surface area contributed by atoms with Gasteiger partial charge in [0, 0.05) is 29.6 Å². The Labute approximate surface area is 157 Å². The van der Waals surface area contributed by atoms with Crippen molar-refractivity contribution in [1.82, 2.24) is 9.88 Å². The van der Waals surface area contributed by atoms with Crippen LogP contribution >= 0.6 is 57.7 Å². The van der Waals surface area contributed by atoms with Crippen LogP contribution in [0.3, 0.4) is 0 Å². The van der Waals surface area contributed by atoms with Crippen LogP contribution in [-0.2, 0) is 6.54 Å². The molecule has 12 heteroatoms. The van der Waals surface area contributed by atoms with Gasteiger partial charge in [-0.2, -0.15) is 0 Å². The molecule has 2 unspecified atom stereocenters. The average Bonchev–Trinajstić information content (AvgIpc) is 2.85. The molecule has 1 heterocycles. The number of rotatable bonds is 6. The number of amidine groups is 1. The highest BCUT2D eigenvalue weighted by Gasteiger charge is 2.48. The Morgan fingerprint density at radius 1 is 1.61 bits per heavy atom. The molecule has 1 aromatic rings. The number of aliphatic imine (C=N–C) groups is 1. The Morgan fingerprint density at radius 3 is 2.57 bits per heavy atom. The molecule has 0 spiro atoms. The maximum Gasteiger partial charge on any atom is 0.298 e. The Hall–Kier alpha value is -0.380. The van der Waals surface area contributed by atoms with Crippen LogP contribution < -0.4 is 0 Å². The number of nitrogens with zero attached hydrogens (tertiary/aromatic N) is 4. The minimum Gasteiger partial charge on any atom is -0.381 e. The number of alkyl halides is 3. The van der Waals surface area contributed by atoms with Crippen molar-refractivity contribution in [1.29, 1.82) is 0 Å². The van der Waals surface area contributed by atoms with Crippen molar-refractivity contribution in [3.63, 3.8) is 0 Å². The van der Waals surface area contributed by atoms with Gasteiger partial charge < -0.3 is 10.0 Å². The zero-order valence-corrected chi connectivity index (χ0v) is 16.0. The van der Waals surface area contributed by atoms with Crippen molar-refractivity contribution in [2.75, 3.05) is 13.6 Å². The third-order valence-corrected chi connectivity index (χ3v) is 4.70. The smallest absolute Gasteiger partial charge is 0.298 e. The number of hydrogen-bond acceptors (Lipinski definition) is 6. The Balaban J connectivity index is 3.11. The van der Waals surface area contributed by atoms with E-state index in [0.717, 1.165) is 4.88 Å². The maximum absolute atomic E-state index is 11.4. The van der Waals surface area contributed by atoms with E-state index in [2.05, 4.69) is 9.98 Å². The van der Waals surface area contributed by atoms with E-state index in [0.29, 0.717) is 11.0 Å². The van der Waals surface area contributed by atoms with Crippen molar-refractivity contribution in [3.05, 3.63) is 25.7 Å². The van der Waals surface area contributed by atoms with Gasteiger partial charge in [-0.25, -0.2) is 4.98 Å². The predicted molar refractivity (Wildman–Crippen MR) is 93.6 cm³/mol. The van der Waals surface area contributed by atoms with Gasteiger partial charge in [-0.1, -0.05) is 46.4 Å². The number of aromatic nitrogens is 1. The first-order chi connectivity index (χ1) is 10.6.